The molecule has 1 fully saturated rings. The lowest BCUT2D eigenvalue weighted by molar-refractivity contribution is -0.122. The van der Waals surface area contributed by atoms with Gasteiger partial charge in [-0.25, -0.2) is 0 Å². The number of carbonyl (C=O) groups excluding carboxylic acids is 1. The summed E-state index contributed by atoms with van der Waals surface area (Å²) in [5.74, 6) is 0.105. The van der Waals surface area contributed by atoms with Crippen LogP contribution in [0.2, 0.25) is 0 Å². The standard InChI is InChI=1S/C10H21N3O/c1-12-10(14)8-13(7-3-6-11)9-4-2-5-9/h9H,2-8,11H2,1H3,(H,12,14). The van der Waals surface area contributed by atoms with Crippen molar-refractivity contribution < 1.29 is 4.79 Å². The van der Waals surface area contributed by atoms with Crippen LogP contribution in [-0.2, 0) is 4.79 Å². The Balaban J connectivity index is 2.31. The quantitative estimate of drug-likeness (QED) is 0.630. The maximum atomic E-state index is 11.2. The van der Waals surface area contributed by atoms with E-state index in [-0.39, 0.29) is 5.91 Å². The van der Waals surface area contributed by atoms with E-state index in [1.54, 1.807) is 7.05 Å². The third-order valence-corrected chi connectivity index (χ3v) is 2.87. The van der Waals surface area contributed by atoms with Gasteiger partial charge in [0, 0.05) is 19.6 Å². The van der Waals surface area contributed by atoms with Gasteiger partial charge in [0.05, 0.1) is 6.54 Å². The van der Waals surface area contributed by atoms with Gasteiger partial charge in [0.25, 0.3) is 0 Å². The molecule has 0 radical (unpaired) electrons. The van der Waals surface area contributed by atoms with Crippen LogP contribution in [-0.4, -0.2) is 43.5 Å². The van der Waals surface area contributed by atoms with E-state index in [0.717, 1.165) is 13.0 Å². The number of rotatable bonds is 6. The molecule has 14 heavy (non-hydrogen) atoms. The van der Waals surface area contributed by atoms with Crippen LogP contribution in [0.15, 0.2) is 0 Å². The molecule has 1 aliphatic carbocycles. The molecule has 82 valence electrons. The summed E-state index contributed by atoms with van der Waals surface area (Å²) in [6.45, 7) is 2.19. The van der Waals surface area contributed by atoms with Crippen molar-refractivity contribution >= 4 is 5.91 Å². The van der Waals surface area contributed by atoms with Gasteiger partial charge in [0.1, 0.15) is 0 Å². The minimum atomic E-state index is 0.105. The van der Waals surface area contributed by atoms with Crippen molar-refractivity contribution in [3.63, 3.8) is 0 Å². The molecule has 0 aromatic carbocycles. The lowest BCUT2D eigenvalue weighted by Crippen LogP contribution is -2.46. The summed E-state index contributed by atoms with van der Waals surface area (Å²) in [6.07, 6.45) is 4.76. The highest BCUT2D eigenvalue weighted by molar-refractivity contribution is 5.77. The molecule has 0 aromatic heterocycles. The van der Waals surface area contributed by atoms with E-state index in [1.165, 1.54) is 19.3 Å². The first kappa shape index (κ1) is 11.5. The molecular formula is C10H21N3O. The van der Waals surface area contributed by atoms with Crippen LogP contribution in [0.3, 0.4) is 0 Å². The van der Waals surface area contributed by atoms with E-state index in [0.29, 0.717) is 19.1 Å². The molecule has 0 unspecified atom stereocenters. The molecule has 0 bridgehead atoms. The van der Waals surface area contributed by atoms with Crippen molar-refractivity contribution in [2.75, 3.05) is 26.7 Å². The van der Waals surface area contributed by atoms with Crippen molar-refractivity contribution in [1.29, 1.82) is 0 Å². The highest BCUT2D eigenvalue weighted by Crippen LogP contribution is 2.24. The van der Waals surface area contributed by atoms with Gasteiger partial charge < -0.3 is 11.1 Å². The Kier molecular flexibility index (Phi) is 4.90. The van der Waals surface area contributed by atoms with Gasteiger partial charge in [-0.2, -0.15) is 0 Å². The molecule has 1 amide bonds. The number of hydrogen-bond donors (Lipinski definition) is 2. The third-order valence-electron chi connectivity index (χ3n) is 2.87. The molecule has 0 saturated heterocycles. The predicted molar refractivity (Wildman–Crippen MR) is 57.0 cm³/mol. The van der Waals surface area contributed by atoms with Crippen LogP contribution in [0.1, 0.15) is 25.7 Å². The van der Waals surface area contributed by atoms with Crippen LogP contribution in [0.5, 0.6) is 0 Å². The second-order valence-electron chi connectivity index (χ2n) is 3.87. The van der Waals surface area contributed by atoms with Gasteiger partial charge in [-0.05, 0) is 25.8 Å². The summed E-state index contributed by atoms with van der Waals surface area (Å²) in [7, 11) is 1.68. The topological polar surface area (TPSA) is 58.4 Å². The average Bonchev–Trinajstić information content (AvgIpc) is 2.11. The average molecular weight is 199 g/mol. The SMILES string of the molecule is CNC(=O)CN(CCCN)C1CCC1. The first-order chi connectivity index (χ1) is 6.77. The molecule has 0 atom stereocenters. The maximum Gasteiger partial charge on any atom is 0.233 e. The van der Waals surface area contributed by atoms with Crippen molar-refractivity contribution in [3.05, 3.63) is 0 Å². The Bertz CT molecular complexity index is 180. The van der Waals surface area contributed by atoms with E-state index in [2.05, 4.69) is 10.2 Å². The van der Waals surface area contributed by atoms with Crippen LogP contribution < -0.4 is 11.1 Å². The highest BCUT2D eigenvalue weighted by Gasteiger charge is 2.25. The Hall–Kier alpha value is -0.610. The van der Waals surface area contributed by atoms with E-state index in [4.69, 9.17) is 5.73 Å². The second-order valence-corrected chi connectivity index (χ2v) is 3.87. The lowest BCUT2D eigenvalue weighted by atomic mass is 9.91. The van der Waals surface area contributed by atoms with Crippen LogP contribution in [0.4, 0.5) is 0 Å². The summed E-state index contributed by atoms with van der Waals surface area (Å²) in [6, 6.07) is 0.624. The molecule has 1 aliphatic rings. The molecule has 4 heteroatoms. The van der Waals surface area contributed by atoms with Gasteiger partial charge >= 0.3 is 0 Å². The van der Waals surface area contributed by atoms with E-state index in [1.807, 2.05) is 0 Å². The zero-order valence-electron chi connectivity index (χ0n) is 8.96. The van der Waals surface area contributed by atoms with Crippen molar-refractivity contribution in [3.8, 4) is 0 Å². The summed E-state index contributed by atoms with van der Waals surface area (Å²) >= 11 is 0. The maximum absolute atomic E-state index is 11.2. The number of likely N-dealkylation sites (N-methyl/N-ethyl adjacent to an activating group) is 1. The third kappa shape index (κ3) is 3.27. The molecule has 4 nitrogen and oxygen atoms in total. The molecule has 0 spiro atoms. The molecular weight excluding hydrogens is 178 g/mol. The molecule has 0 aromatic rings. The van der Waals surface area contributed by atoms with Gasteiger partial charge in [0.2, 0.25) is 5.91 Å². The Labute approximate surface area is 85.8 Å². The Morgan fingerprint density at radius 2 is 2.29 bits per heavy atom. The molecule has 0 aliphatic heterocycles. The molecule has 3 N–H and O–H groups in total. The van der Waals surface area contributed by atoms with Gasteiger partial charge in [-0.15, -0.1) is 0 Å². The van der Waals surface area contributed by atoms with Gasteiger partial charge in [-0.3, -0.25) is 9.69 Å². The van der Waals surface area contributed by atoms with Gasteiger partial charge in [-0.1, -0.05) is 6.42 Å². The smallest absolute Gasteiger partial charge is 0.233 e. The summed E-state index contributed by atoms with van der Waals surface area (Å²) < 4.78 is 0. The Morgan fingerprint density at radius 1 is 1.57 bits per heavy atom. The number of nitrogens with two attached hydrogens (primary N) is 1. The number of carbonyl (C=O) groups is 1. The lowest BCUT2D eigenvalue weighted by Gasteiger charge is -2.37. The summed E-state index contributed by atoms with van der Waals surface area (Å²) in [5, 5.41) is 2.66. The fourth-order valence-corrected chi connectivity index (χ4v) is 1.70. The summed E-state index contributed by atoms with van der Waals surface area (Å²) in [5.41, 5.74) is 5.47. The summed E-state index contributed by atoms with van der Waals surface area (Å²) in [4.78, 5) is 13.5. The van der Waals surface area contributed by atoms with Crippen molar-refractivity contribution in [2.45, 2.75) is 31.7 Å². The predicted octanol–water partition coefficient (Wildman–Crippen LogP) is -0.0643. The highest BCUT2D eigenvalue weighted by atomic mass is 16.1. The second kappa shape index (κ2) is 5.98. The minimum absolute atomic E-state index is 0.105. The number of nitrogens with one attached hydrogen (secondary N) is 1. The normalized spacial score (nSPS) is 16.8. The zero-order chi connectivity index (χ0) is 10.4. The minimum Gasteiger partial charge on any atom is -0.358 e. The van der Waals surface area contributed by atoms with Crippen LogP contribution in [0.25, 0.3) is 0 Å². The largest absolute Gasteiger partial charge is 0.358 e. The van der Waals surface area contributed by atoms with Crippen LogP contribution in [0, 0.1) is 0 Å². The fraction of sp³-hybridized carbons (Fsp3) is 0.900. The van der Waals surface area contributed by atoms with Crippen LogP contribution >= 0.6 is 0 Å². The first-order valence-corrected chi connectivity index (χ1v) is 5.42. The fourth-order valence-electron chi connectivity index (χ4n) is 1.70. The monoisotopic (exact) mass is 199 g/mol. The first-order valence-electron chi connectivity index (χ1n) is 5.42. The van der Waals surface area contributed by atoms with Gasteiger partial charge in [0.15, 0.2) is 0 Å². The van der Waals surface area contributed by atoms with E-state index >= 15 is 0 Å². The van der Waals surface area contributed by atoms with E-state index < -0.39 is 0 Å². The number of hydrogen-bond acceptors (Lipinski definition) is 3. The van der Waals surface area contributed by atoms with E-state index in [9.17, 15) is 4.79 Å². The number of amides is 1. The van der Waals surface area contributed by atoms with Crippen molar-refractivity contribution in [2.24, 2.45) is 5.73 Å². The number of nitrogens with zero attached hydrogens (tertiary/aromatic N) is 1. The zero-order valence-corrected chi connectivity index (χ0v) is 8.96. The molecule has 0 heterocycles. The van der Waals surface area contributed by atoms with Crippen molar-refractivity contribution in [1.82, 2.24) is 10.2 Å². The molecule has 1 rings (SSSR count). The molecule has 1 saturated carbocycles. The Morgan fingerprint density at radius 3 is 2.71 bits per heavy atom.